The summed E-state index contributed by atoms with van der Waals surface area (Å²) in [5.41, 5.74) is 0.0872. The molecule has 1 N–H and O–H groups in total. The molecule has 0 aliphatic rings. The van der Waals surface area contributed by atoms with Crippen LogP contribution in [0.15, 0.2) is 34.7 Å². The summed E-state index contributed by atoms with van der Waals surface area (Å²) in [5, 5.41) is 18.9. The Labute approximate surface area is 114 Å². The largest absolute Gasteiger partial charge is 0.506 e. The van der Waals surface area contributed by atoms with Crippen LogP contribution in [0.1, 0.15) is 5.56 Å². The number of likely N-dealkylation sites (N-methyl/N-ethyl adjacent to an activating group) is 1. The predicted molar refractivity (Wildman–Crippen MR) is 72.0 cm³/mol. The van der Waals surface area contributed by atoms with E-state index in [-0.39, 0.29) is 11.3 Å². The fourth-order valence-electron chi connectivity index (χ4n) is 1.26. The molecule has 1 amide bonds. The van der Waals surface area contributed by atoms with Gasteiger partial charge in [0, 0.05) is 24.6 Å². The lowest BCUT2D eigenvalue weighted by Crippen LogP contribution is -2.23. The van der Waals surface area contributed by atoms with Crippen molar-refractivity contribution in [1.82, 2.24) is 4.90 Å². The van der Waals surface area contributed by atoms with Crippen molar-refractivity contribution in [3.63, 3.8) is 0 Å². The fraction of sp³-hybridized carbons (Fsp3) is 0.167. The maximum absolute atomic E-state index is 11.7. The normalized spacial score (nSPS) is 11.4. The van der Waals surface area contributed by atoms with E-state index in [2.05, 4.69) is 0 Å². The third-order valence-electron chi connectivity index (χ3n) is 2.17. The van der Waals surface area contributed by atoms with E-state index in [0.29, 0.717) is 5.56 Å². The number of aliphatic hydroxyl groups excluding tert-OH is 1. The zero-order chi connectivity index (χ0) is 13.7. The van der Waals surface area contributed by atoms with Crippen molar-refractivity contribution in [1.29, 1.82) is 5.26 Å². The summed E-state index contributed by atoms with van der Waals surface area (Å²) in [7, 11) is 9.63. The van der Waals surface area contributed by atoms with Crippen LogP contribution in [0, 0.1) is 11.3 Å². The maximum Gasteiger partial charge on any atom is 0.267 e. The summed E-state index contributed by atoms with van der Waals surface area (Å²) in [5.74, 6) is -0.886. The quantitative estimate of drug-likeness (QED) is 0.526. The van der Waals surface area contributed by atoms with E-state index in [9.17, 15) is 9.90 Å². The van der Waals surface area contributed by atoms with E-state index >= 15 is 0 Å². The van der Waals surface area contributed by atoms with Gasteiger partial charge in [-0.05, 0) is 33.8 Å². The molecule has 0 radical (unpaired) electrons. The number of hydrogen-bond donors (Lipinski definition) is 1. The molecule has 0 aliphatic carbocycles. The molecule has 0 aromatic heterocycles. The Bertz CT molecular complexity index is 535. The molecular formula is C12H11ClN2O2S. The zero-order valence-corrected chi connectivity index (χ0v) is 11.4. The summed E-state index contributed by atoms with van der Waals surface area (Å²) < 4.78 is 0. The lowest BCUT2D eigenvalue weighted by atomic mass is 10.1. The van der Waals surface area contributed by atoms with Crippen molar-refractivity contribution in [2.75, 3.05) is 14.1 Å². The van der Waals surface area contributed by atoms with E-state index in [1.54, 1.807) is 30.3 Å². The highest BCUT2D eigenvalue weighted by molar-refractivity contribution is 8.21. The summed E-state index contributed by atoms with van der Waals surface area (Å²) >= 11 is 0. The van der Waals surface area contributed by atoms with Crippen molar-refractivity contribution in [3.05, 3.63) is 35.4 Å². The smallest absolute Gasteiger partial charge is 0.267 e. The molecule has 0 bridgehead atoms. The van der Waals surface area contributed by atoms with Gasteiger partial charge in [0.1, 0.15) is 11.8 Å². The first kappa shape index (κ1) is 14.4. The summed E-state index contributed by atoms with van der Waals surface area (Å²) in [6, 6.07) is 8.37. The third kappa shape index (κ3) is 3.19. The summed E-state index contributed by atoms with van der Waals surface area (Å²) in [4.78, 5) is 13.6. The van der Waals surface area contributed by atoms with Crippen LogP contribution >= 0.6 is 21.7 Å². The molecule has 0 fully saturated rings. The molecule has 6 heteroatoms. The lowest BCUT2D eigenvalue weighted by Gasteiger charge is -2.10. The van der Waals surface area contributed by atoms with Gasteiger partial charge in [0.15, 0.2) is 5.57 Å². The molecule has 1 rings (SSSR count). The van der Waals surface area contributed by atoms with Crippen LogP contribution in [0.4, 0.5) is 0 Å². The van der Waals surface area contributed by atoms with Gasteiger partial charge in [-0.1, -0.05) is 12.1 Å². The van der Waals surface area contributed by atoms with E-state index in [4.69, 9.17) is 15.9 Å². The van der Waals surface area contributed by atoms with Crippen molar-refractivity contribution in [2.45, 2.75) is 4.90 Å². The molecule has 0 unspecified atom stereocenters. The van der Waals surface area contributed by atoms with Crippen LogP contribution in [-0.2, 0) is 4.79 Å². The average Bonchev–Trinajstić information content (AvgIpc) is 2.39. The van der Waals surface area contributed by atoms with Crippen molar-refractivity contribution < 1.29 is 9.90 Å². The molecule has 1 aromatic carbocycles. The van der Waals surface area contributed by atoms with E-state index in [1.165, 1.54) is 19.0 Å². The van der Waals surface area contributed by atoms with Crippen LogP contribution < -0.4 is 0 Å². The van der Waals surface area contributed by atoms with Crippen LogP contribution in [0.3, 0.4) is 0 Å². The Kier molecular flexibility index (Phi) is 5.08. The number of hydrogen-bond acceptors (Lipinski definition) is 4. The van der Waals surface area contributed by atoms with E-state index in [1.807, 2.05) is 0 Å². The predicted octanol–water partition coefficient (Wildman–Crippen LogP) is 2.81. The van der Waals surface area contributed by atoms with E-state index in [0.717, 1.165) is 15.9 Å². The molecule has 0 saturated heterocycles. The van der Waals surface area contributed by atoms with Crippen LogP contribution in [0.25, 0.3) is 5.76 Å². The third-order valence-corrected chi connectivity index (χ3v) is 3.13. The van der Waals surface area contributed by atoms with Gasteiger partial charge in [-0.3, -0.25) is 4.79 Å². The van der Waals surface area contributed by atoms with Gasteiger partial charge in [0.05, 0.1) is 0 Å². The number of aliphatic hydroxyl groups is 1. The van der Waals surface area contributed by atoms with Gasteiger partial charge in [-0.15, -0.1) is 0 Å². The standard InChI is InChI=1S/C12H11ClN2O2S/c1-15(2)12(17)10(7-14)11(16)8-4-3-5-9(6-8)18-13/h3-6,16H,1-2H3/b11-10-. The molecule has 0 saturated carbocycles. The lowest BCUT2D eigenvalue weighted by molar-refractivity contribution is -0.124. The van der Waals surface area contributed by atoms with Gasteiger partial charge in [0.25, 0.3) is 5.91 Å². The number of benzene rings is 1. The average molecular weight is 283 g/mol. The Hall–Kier alpha value is -1.64. The zero-order valence-electron chi connectivity index (χ0n) is 9.85. The molecule has 0 atom stereocenters. The molecular weight excluding hydrogens is 272 g/mol. The number of carbonyl (C=O) groups excluding carboxylic acids is 1. The number of nitriles is 1. The molecule has 0 aliphatic heterocycles. The van der Waals surface area contributed by atoms with Crippen LogP contribution in [0.2, 0.25) is 0 Å². The van der Waals surface area contributed by atoms with Gasteiger partial charge >= 0.3 is 0 Å². The number of nitrogens with zero attached hydrogens (tertiary/aromatic N) is 2. The Morgan fingerprint density at radius 1 is 1.50 bits per heavy atom. The first-order valence-corrected chi connectivity index (χ1v) is 6.59. The second-order valence-corrected chi connectivity index (χ2v) is 4.73. The van der Waals surface area contributed by atoms with Crippen molar-refractivity contribution in [2.24, 2.45) is 0 Å². The molecule has 0 heterocycles. The molecule has 4 nitrogen and oxygen atoms in total. The van der Waals surface area contributed by atoms with Gasteiger partial charge in [0.2, 0.25) is 0 Å². The van der Waals surface area contributed by atoms with Crippen LogP contribution in [0.5, 0.6) is 0 Å². The molecule has 0 spiro atoms. The van der Waals surface area contributed by atoms with Gasteiger partial charge in [-0.25, -0.2) is 0 Å². The Morgan fingerprint density at radius 2 is 2.17 bits per heavy atom. The second-order valence-electron chi connectivity index (χ2n) is 3.64. The van der Waals surface area contributed by atoms with Crippen molar-refractivity contribution >= 4 is 33.3 Å². The first-order chi connectivity index (χ1) is 8.51. The first-order valence-electron chi connectivity index (χ1n) is 4.95. The minimum Gasteiger partial charge on any atom is -0.506 e. The van der Waals surface area contributed by atoms with Gasteiger partial charge in [-0.2, -0.15) is 5.26 Å². The Balaban J connectivity index is 3.28. The summed E-state index contributed by atoms with van der Waals surface area (Å²) in [6.45, 7) is 0. The number of amides is 1. The maximum atomic E-state index is 11.7. The minimum absolute atomic E-state index is 0.295. The molecule has 18 heavy (non-hydrogen) atoms. The topological polar surface area (TPSA) is 64.3 Å². The minimum atomic E-state index is -0.543. The van der Waals surface area contributed by atoms with Gasteiger partial charge < -0.3 is 10.0 Å². The highest BCUT2D eigenvalue weighted by Crippen LogP contribution is 2.26. The molecule has 1 aromatic rings. The molecule has 94 valence electrons. The number of rotatable bonds is 3. The fourth-order valence-corrected chi connectivity index (χ4v) is 1.85. The van der Waals surface area contributed by atoms with Crippen LogP contribution in [-0.4, -0.2) is 30.0 Å². The van der Waals surface area contributed by atoms with Crippen molar-refractivity contribution in [3.8, 4) is 6.07 Å². The highest BCUT2D eigenvalue weighted by Gasteiger charge is 2.18. The number of carbonyl (C=O) groups is 1. The SMILES string of the molecule is CN(C)C(=O)/C(C#N)=C(\O)c1cccc(SCl)c1. The summed E-state index contributed by atoms with van der Waals surface area (Å²) in [6.07, 6.45) is 0. The second kappa shape index (κ2) is 6.34. The Morgan fingerprint density at radius 3 is 2.67 bits per heavy atom. The number of halogens is 1. The monoisotopic (exact) mass is 282 g/mol. The highest BCUT2D eigenvalue weighted by atomic mass is 35.7. The van der Waals surface area contributed by atoms with E-state index < -0.39 is 5.91 Å².